The lowest BCUT2D eigenvalue weighted by Gasteiger charge is -2.32. The fourth-order valence-corrected chi connectivity index (χ4v) is 2.95. The number of piperidine rings is 1. The zero-order chi connectivity index (χ0) is 21.7. The number of halogens is 3. The van der Waals surface area contributed by atoms with E-state index in [0.717, 1.165) is 56.3 Å². The third-order valence-electron chi connectivity index (χ3n) is 4.55. The van der Waals surface area contributed by atoms with E-state index in [1.54, 1.807) is 19.1 Å². The maximum absolute atomic E-state index is 11.6. The number of guanidine groups is 1. The lowest BCUT2D eigenvalue weighted by atomic mass is 9.94. The summed E-state index contributed by atoms with van der Waals surface area (Å²) >= 11 is 0. The molecule has 0 amide bonds. The summed E-state index contributed by atoms with van der Waals surface area (Å²) in [6.45, 7) is 6.90. The summed E-state index contributed by atoms with van der Waals surface area (Å²) in [6, 6.07) is 5.67. The monoisotopic (exact) mass is 414 g/mol. The Morgan fingerprint density at radius 1 is 1.24 bits per heavy atom. The Bertz CT molecular complexity index is 622. The number of likely N-dealkylation sites (tertiary alicyclic amines) is 1. The first kappa shape index (κ1) is 24.9. The maximum atomic E-state index is 11.6. The average molecular weight is 415 g/mol. The van der Waals surface area contributed by atoms with E-state index in [4.69, 9.17) is 5.73 Å². The van der Waals surface area contributed by atoms with Gasteiger partial charge in [0.1, 0.15) is 5.75 Å². The van der Waals surface area contributed by atoms with Crippen LogP contribution in [0.3, 0.4) is 0 Å². The van der Waals surface area contributed by atoms with Crippen molar-refractivity contribution in [3.8, 4) is 5.75 Å². The van der Waals surface area contributed by atoms with E-state index in [1.807, 2.05) is 13.3 Å². The van der Waals surface area contributed by atoms with Crippen molar-refractivity contribution in [1.82, 2.24) is 4.90 Å². The number of benzene rings is 1. The van der Waals surface area contributed by atoms with Gasteiger partial charge in [-0.2, -0.15) is 0 Å². The number of nitrogens with zero attached hydrogens (tertiary/aromatic N) is 3. The van der Waals surface area contributed by atoms with Crippen LogP contribution in [0.4, 0.5) is 13.2 Å². The molecule has 1 aliphatic heterocycles. The van der Waals surface area contributed by atoms with E-state index < -0.39 is 6.36 Å². The van der Waals surface area contributed by atoms with Crippen molar-refractivity contribution in [2.75, 3.05) is 26.7 Å². The summed E-state index contributed by atoms with van der Waals surface area (Å²) in [6.07, 6.45) is 3.15. The molecule has 2 N–H and O–H groups in total. The third-order valence-corrected chi connectivity index (χ3v) is 4.55. The van der Waals surface area contributed by atoms with E-state index >= 15 is 0 Å². The quantitative estimate of drug-likeness (QED) is 0.556. The SMILES string of the molecule is CCC/C=N\C(=NC)N1CCC(CCN)CC1.Cc1ccc(OC(F)(F)F)cc1. The summed E-state index contributed by atoms with van der Waals surface area (Å²) in [4.78, 5) is 11.0. The molecule has 0 spiro atoms. The fraction of sp³-hybridized carbons (Fsp3) is 0.619. The molecule has 164 valence electrons. The van der Waals surface area contributed by atoms with Crippen molar-refractivity contribution < 1.29 is 17.9 Å². The summed E-state index contributed by atoms with van der Waals surface area (Å²) in [5.41, 5.74) is 6.49. The Morgan fingerprint density at radius 3 is 2.34 bits per heavy atom. The van der Waals surface area contributed by atoms with Gasteiger partial charge in [0, 0.05) is 26.4 Å². The summed E-state index contributed by atoms with van der Waals surface area (Å²) in [5, 5.41) is 0. The van der Waals surface area contributed by atoms with Gasteiger partial charge in [-0.05, 0) is 57.2 Å². The number of rotatable bonds is 5. The molecule has 1 aromatic carbocycles. The molecule has 0 radical (unpaired) electrons. The predicted molar refractivity (Wildman–Crippen MR) is 113 cm³/mol. The van der Waals surface area contributed by atoms with E-state index in [-0.39, 0.29) is 5.75 Å². The van der Waals surface area contributed by atoms with Crippen molar-refractivity contribution in [3.63, 3.8) is 0 Å². The third kappa shape index (κ3) is 10.9. The van der Waals surface area contributed by atoms with Crippen LogP contribution in [0.5, 0.6) is 5.75 Å². The van der Waals surface area contributed by atoms with E-state index in [2.05, 4.69) is 26.5 Å². The van der Waals surface area contributed by atoms with Gasteiger partial charge in [0.25, 0.3) is 0 Å². The van der Waals surface area contributed by atoms with Crippen molar-refractivity contribution in [2.45, 2.75) is 52.3 Å². The number of ether oxygens (including phenoxy) is 1. The van der Waals surface area contributed by atoms with Crippen molar-refractivity contribution in [1.29, 1.82) is 0 Å². The van der Waals surface area contributed by atoms with Gasteiger partial charge in [0.15, 0.2) is 0 Å². The second kappa shape index (κ2) is 13.2. The summed E-state index contributed by atoms with van der Waals surface area (Å²) < 4.78 is 38.5. The van der Waals surface area contributed by atoms with Crippen LogP contribution < -0.4 is 10.5 Å². The molecule has 8 heteroatoms. The Morgan fingerprint density at radius 2 is 1.86 bits per heavy atom. The molecule has 0 aliphatic carbocycles. The molecule has 0 atom stereocenters. The van der Waals surface area contributed by atoms with Crippen LogP contribution in [0.25, 0.3) is 0 Å². The maximum Gasteiger partial charge on any atom is 0.573 e. The molecule has 1 fully saturated rings. The highest BCUT2D eigenvalue weighted by atomic mass is 19.4. The van der Waals surface area contributed by atoms with Crippen LogP contribution in [0, 0.1) is 12.8 Å². The van der Waals surface area contributed by atoms with Crippen LogP contribution >= 0.6 is 0 Å². The Labute approximate surface area is 171 Å². The first-order valence-corrected chi connectivity index (χ1v) is 10.1. The Hall–Kier alpha value is -2.09. The summed E-state index contributed by atoms with van der Waals surface area (Å²) in [5.74, 6) is 1.51. The standard InChI is InChI=1S/C13H26N4.C8H7F3O/c1-3-4-9-16-13(15-2)17-10-6-12(5-8-14)7-11-17;1-6-2-4-7(5-3-6)12-8(9,10)11/h9,12H,3-8,10-11,14H2,1-2H3;2-5H,1H3/b15-13?,16-9-;. The van der Waals surface area contributed by atoms with E-state index in [0.29, 0.717) is 0 Å². The van der Waals surface area contributed by atoms with Crippen LogP contribution in [-0.2, 0) is 0 Å². The fourth-order valence-electron chi connectivity index (χ4n) is 2.95. The van der Waals surface area contributed by atoms with Gasteiger partial charge in [-0.1, -0.05) is 31.0 Å². The molecule has 29 heavy (non-hydrogen) atoms. The zero-order valence-corrected chi connectivity index (χ0v) is 17.6. The Kier molecular flexibility index (Phi) is 11.3. The first-order chi connectivity index (χ1) is 13.8. The number of hydrogen-bond acceptors (Lipinski definition) is 3. The number of alkyl halides is 3. The molecule has 1 saturated heterocycles. The minimum atomic E-state index is -4.60. The minimum absolute atomic E-state index is 0.187. The second-order valence-corrected chi connectivity index (χ2v) is 6.99. The number of unbranched alkanes of at least 4 members (excludes halogenated alkanes) is 1. The van der Waals surface area contributed by atoms with Gasteiger partial charge >= 0.3 is 6.36 Å². The predicted octanol–water partition coefficient (Wildman–Crippen LogP) is 4.80. The van der Waals surface area contributed by atoms with Crippen molar-refractivity contribution in [3.05, 3.63) is 29.8 Å². The lowest BCUT2D eigenvalue weighted by Crippen LogP contribution is -2.38. The van der Waals surface area contributed by atoms with Gasteiger partial charge in [-0.15, -0.1) is 13.2 Å². The molecule has 2 rings (SSSR count). The molecule has 1 aliphatic rings. The smallest absolute Gasteiger partial charge is 0.406 e. The van der Waals surface area contributed by atoms with Crippen LogP contribution in [0.2, 0.25) is 0 Å². The van der Waals surface area contributed by atoms with Gasteiger partial charge in [0.2, 0.25) is 5.96 Å². The second-order valence-electron chi connectivity index (χ2n) is 6.99. The highest BCUT2D eigenvalue weighted by molar-refractivity contribution is 5.87. The Balaban J connectivity index is 0.000000308. The first-order valence-electron chi connectivity index (χ1n) is 10.1. The lowest BCUT2D eigenvalue weighted by molar-refractivity contribution is -0.274. The van der Waals surface area contributed by atoms with Crippen LogP contribution in [0.15, 0.2) is 34.3 Å². The highest BCUT2D eigenvalue weighted by Gasteiger charge is 2.30. The van der Waals surface area contributed by atoms with E-state index in [1.165, 1.54) is 25.0 Å². The number of aliphatic imine (C=N–C) groups is 2. The zero-order valence-electron chi connectivity index (χ0n) is 17.6. The van der Waals surface area contributed by atoms with Crippen LogP contribution in [0.1, 0.15) is 44.6 Å². The molecule has 0 unspecified atom stereocenters. The van der Waals surface area contributed by atoms with Gasteiger partial charge < -0.3 is 15.4 Å². The van der Waals surface area contributed by atoms with Crippen molar-refractivity contribution in [2.24, 2.45) is 21.6 Å². The van der Waals surface area contributed by atoms with Gasteiger partial charge in [0.05, 0.1) is 0 Å². The molecular weight excluding hydrogens is 381 g/mol. The molecule has 0 saturated carbocycles. The average Bonchev–Trinajstić information content (AvgIpc) is 2.68. The molecule has 1 heterocycles. The molecule has 1 aromatic rings. The molecule has 0 aromatic heterocycles. The topological polar surface area (TPSA) is 63.2 Å². The normalized spacial score (nSPS) is 16.0. The largest absolute Gasteiger partial charge is 0.573 e. The number of aryl methyl sites for hydroxylation is 1. The van der Waals surface area contributed by atoms with Gasteiger partial charge in [-0.3, -0.25) is 4.99 Å². The van der Waals surface area contributed by atoms with Gasteiger partial charge in [-0.25, -0.2) is 4.99 Å². The summed E-state index contributed by atoms with van der Waals surface area (Å²) in [7, 11) is 1.82. The molecule has 0 bridgehead atoms. The minimum Gasteiger partial charge on any atom is -0.406 e. The molecular formula is C21H33F3N4O. The highest BCUT2D eigenvalue weighted by Crippen LogP contribution is 2.22. The number of hydrogen-bond donors (Lipinski definition) is 1. The van der Waals surface area contributed by atoms with E-state index in [9.17, 15) is 13.2 Å². The van der Waals surface area contributed by atoms with Crippen LogP contribution in [-0.4, -0.2) is 50.1 Å². The van der Waals surface area contributed by atoms with Crippen molar-refractivity contribution >= 4 is 12.2 Å². The number of nitrogens with two attached hydrogens (primary N) is 1. The molecule has 5 nitrogen and oxygen atoms in total.